The fourth-order valence-corrected chi connectivity index (χ4v) is 1.44. The lowest BCUT2D eigenvalue weighted by molar-refractivity contribution is -0.119. The van der Waals surface area contributed by atoms with Gasteiger partial charge in [0.1, 0.15) is 5.75 Å². The molecule has 0 saturated carbocycles. The third-order valence-electron chi connectivity index (χ3n) is 2.17. The number of hydrogen-bond acceptors (Lipinski definition) is 3. The predicted molar refractivity (Wildman–Crippen MR) is 63.0 cm³/mol. The minimum absolute atomic E-state index is 0.0535. The summed E-state index contributed by atoms with van der Waals surface area (Å²) in [5.74, 6) is 0.238. The maximum atomic E-state index is 10.8. The predicted octanol–water partition coefficient (Wildman–Crippen LogP) is 1.09. The highest BCUT2D eigenvalue weighted by Gasteiger charge is 2.04. The van der Waals surface area contributed by atoms with Crippen molar-refractivity contribution in [3.8, 4) is 5.75 Å². The molecule has 16 heavy (non-hydrogen) atoms. The first-order valence-electron chi connectivity index (χ1n) is 5.19. The summed E-state index contributed by atoms with van der Waals surface area (Å²) < 4.78 is 0. The van der Waals surface area contributed by atoms with Crippen molar-refractivity contribution < 1.29 is 9.90 Å². The van der Waals surface area contributed by atoms with E-state index in [1.165, 1.54) is 6.92 Å². The number of nitrogens with one attached hydrogen (secondary N) is 1. The molecule has 4 heteroatoms. The fraction of sp³-hybridized carbons (Fsp3) is 0.417. The topological polar surface area (TPSA) is 52.6 Å². The van der Waals surface area contributed by atoms with E-state index < -0.39 is 0 Å². The van der Waals surface area contributed by atoms with Gasteiger partial charge >= 0.3 is 0 Å². The van der Waals surface area contributed by atoms with Crippen LogP contribution in [0.1, 0.15) is 18.1 Å². The van der Waals surface area contributed by atoms with Crippen molar-refractivity contribution >= 4 is 5.91 Å². The molecule has 0 heterocycles. The number of carbonyl (C=O) groups is 1. The molecule has 1 rings (SSSR count). The number of carbonyl (C=O) groups excluding carboxylic acids is 1. The van der Waals surface area contributed by atoms with E-state index in [0.29, 0.717) is 18.8 Å². The van der Waals surface area contributed by atoms with Gasteiger partial charge in [0.05, 0.1) is 0 Å². The summed E-state index contributed by atoms with van der Waals surface area (Å²) in [5, 5.41) is 12.4. The summed E-state index contributed by atoms with van der Waals surface area (Å²) >= 11 is 0. The van der Waals surface area contributed by atoms with Crippen LogP contribution in [0.2, 0.25) is 0 Å². The van der Waals surface area contributed by atoms with Gasteiger partial charge in [0, 0.05) is 25.6 Å². The molecule has 0 atom stereocenters. The quantitative estimate of drug-likeness (QED) is 0.801. The van der Waals surface area contributed by atoms with Gasteiger partial charge in [-0.3, -0.25) is 4.79 Å². The van der Waals surface area contributed by atoms with Gasteiger partial charge in [-0.05, 0) is 31.8 Å². The SMILES string of the molecule is CC(=O)NCc1ccc(O)c(CN(C)C)c1. The van der Waals surface area contributed by atoms with Crippen molar-refractivity contribution in [1.29, 1.82) is 0 Å². The second-order valence-electron chi connectivity index (χ2n) is 4.11. The largest absolute Gasteiger partial charge is 0.508 e. The zero-order chi connectivity index (χ0) is 12.1. The lowest BCUT2D eigenvalue weighted by atomic mass is 10.1. The van der Waals surface area contributed by atoms with E-state index in [-0.39, 0.29) is 5.91 Å². The monoisotopic (exact) mass is 222 g/mol. The van der Waals surface area contributed by atoms with Crippen molar-refractivity contribution in [2.24, 2.45) is 0 Å². The summed E-state index contributed by atoms with van der Waals surface area (Å²) in [5.41, 5.74) is 1.86. The molecule has 1 aromatic rings. The minimum atomic E-state index is -0.0535. The Bertz CT molecular complexity index is 375. The number of amides is 1. The van der Waals surface area contributed by atoms with Crippen LogP contribution in [-0.2, 0) is 17.9 Å². The van der Waals surface area contributed by atoms with Crippen LogP contribution in [0.5, 0.6) is 5.75 Å². The Hall–Kier alpha value is -1.55. The van der Waals surface area contributed by atoms with Gasteiger partial charge < -0.3 is 15.3 Å². The van der Waals surface area contributed by atoms with Gasteiger partial charge in [-0.25, -0.2) is 0 Å². The molecule has 4 nitrogen and oxygen atoms in total. The summed E-state index contributed by atoms with van der Waals surface area (Å²) in [6.07, 6.45) is 0. The second kappa shape index (κ2) is 5.51. The number of nitrogens with zero attached hydrogens (tertiary/aromatic N) is 1. The minimum Gasteiger partial charge on any atom is -0.508 e. The van der Waals surface area contributed by atoms with Gasteiger partial charge in [0.2, 0.25) is 5.91 Å². The molecule has 1 amide bonds. The van der Waals surface area contributed by atoms with Crippen LogP contribution in [0.15, 0.2) is 18.2 Å². The maximum Gasteiger partial charge on any atom is 0.217 e. The Labute approximate surface area is 95.9 Å². The van der Waals surface area contributed by atoms with E-state index in [4.69, 9.17) is 0 Å². The number of phenolic OH excluding ortho intramolecular Hbond substituents is 1. The van der Waals surface area contributed by atoms with Crippen LogP contribution >= 0.6 is 0 Å². The van der Waals surface area contributed by atoms with Crippen LogP contribution in [0, 0.1) is 0 Å². The highest BCUT2D eigenvalue weighted by Crippen LogP contribution is 2.19. The number of hydrogen-bond donors (Lipinski definition) is 2. The molecule has 0 radical (unpaired) electrons. The molecule has 1 aromatic carbocycles. The van der Waals surface area contributed by atoms with E-state index in [0.717, 1.165) is 11.1 Å². The average molecular weight is 222 g/mol. The Morgan fingerprint density at radius 1 is 1.44 bits per heavy atom. The third-order valence-corrected chi connectivity index (χ3v) is 2.17. The molecule has 88 valence electrons. The fourth-order valence-electron chi connectivity index (χ4n) is 1.44. The summed E-state index contributed by atoms with van der Waals surface area (Å²) in [6.45, 7) is 2.66. The normalized spacial score (nSPS) is 10.5. The molecule has 0 fully saturated rings. The molecule has 0 spiro atoms. The summed E-state index contributed by atoms with van der Waals surface area (Å²) in [6, 6.07) is 5.38. The van der Waals surface area contributed by atoms with Crippen LogP contribution in [0.25, 0.3) is 0 Å². The van der Waals surface area contributed by atoms with Gasteiger partial charge in [-0.15, -0.1) is 0 Å². The third kappa shape index (κ3) is 3.90. The Morgan fingerprint density at radius 3 is 2.69 bits per heavy atom. The van der Waals surface area contributed by atoms with Gasteiger partial charge in [0.15, 0.2) is 0 Å². The number of phenols is 1. The first-order chi connectivity index (χ1) is 7.49. The smallest absolute Gasteiger partial charge is 0.217 e. The molecule has 0 bridgehead atoms. The van der Waals surface area contributed by atoms with Crippen molar-refractivity contribution in [2.75, 3.05) is 14.1 Å². The molecular weight excluding hydrogens is 204 g/mol. The van der Waals surface area contributed by atoms with Crippen molar-refractivity contribution in [2.45, 2.75) is 20.0 Å². The molecule has 2 N–H and O–H groups in total. The molecule has 0 aliphatic carbocycles. The zero-order valence-electron chi connectivity index (χ0n) is 9.95. The van der Waals surface area contributed by atoms with Gasteiger partial charge in [0.25, 0.3) is 0 Å². The van der Waals surface area contributed by atoms with E-state index in [9.17, 15) is 9.90 Å². The van der Waals surface area contributed by atoms with Crippen molar-refractivity contribution in [3.63, 3.8) is 0 Å². The van der Waals surface area contributed by atoms with E-state index in [1.807, 2.05) is 31.1 Å². The van der Waals surface area contributed by atoms with Crippen LogP contribution in [0.3, 0.4) is 0 Å². The Kier molecular flexibility index (Phi) is 4.31. The molecule has 0 aliphatic heterocycles. The summed E-state index contributed by atoms with van der Waals surface area (Å²) in [7, 11) is 3.89. The van der Waals surface area contributed by atoms with E-state index in [1.54, 1.807) is 6.07 Å². The number of benzene rings is 1. The van der Waals surface area contributed by atoms with Crippen LogP contribution in [-0.4, -0.2) is 30.0 Å². The second-order valence-corrected chi connectivity index (χ2v) is 4.11. The van der Waals surface area contributed by atoms with Crippen molar-refractivity contribution in [1.82, 2.24) is 10.2 Å². The maximum absolute atomic E-state index is 10.8. The first kappa shape index (κ1) is 12.5. The molecule has 0 saturated heterocycles. The standard InChI is InChI=1S/C12H18N2O2/c1-9(15)13-7-10-4-5-12(16)11(6-10)8-14(2)3/h4-6,16H,7-8H2,1-3H3,(H,13,15). The van der Waals surface area contributed by atoms with Gasteiger partial charge in [-0.2, -0.15) is 0 Å². The van der Waals surface area contributed by atoms with Gasteiger partial charge in [-0.1, -0.05) is 6.07 Å². The van der Waals surface area contributed by atoms with E-state index in [2.05, 4.69) is 5.32 Å². The highest BCUT2D eigenvalue weighted by atomic mass is 16.3. The Balaban J connectivity index is 2.76. The van der Waals surface area contributed by atoms with Crippen LogP contribution in [0.4, 0.5) is 0 Å². The average Bonchev–Trinajstić information content (AvgIpc) is 2.18. The van der Waals surface area contributed by atoms with Crippen LogP contribution < -0.4 is 5.32 Å². The van der Waals surface area contributed by atoms with E-state index >= 15 is 0 Å². The van der Waals surface area contributed by atoms with Crippen molar-refractivity contribution in [3.05, 3.63) is 29.3 Å². The lowest BCUT2D eigenvalue weighted by Gasteiger charge is -2.12. The summed E-state index contributed by atoms with van der Waals surface area (Å²) in [4.78, 5) is 12.8. The molecule has 0 aliphatic rings. The lowest BCUT2D eigenvalue weighted by Crippen LogP contribution is -2.19. The highest BCUT2D eigenvalue weighted by molar-refractivity contribution is 5.72. The Morgan fingerprint density at radius 2 is 2.12 bits per heavy atom. The molecule has 0 aromatic heterocycles. The molecular formula is C12H18N2O2. The number of aromatic hydroxyl groups is 1. The first-order valence-corrected chi connectivity index (χ1v) is 5.19. The zero-order valence-corrected chi connectivity index (χ0v) is 9.95. The molecule has 0 unspecified atom stereocenters. The number of rotatable bonds is 4.